The summed E-state index contributed by atoms with van der Waals surface area (Å²) in [5, 5.41) is 14.9. The zero-order valence-electron chi connectivity index (χ0n) is 15.9. The van der Waals surface area contributed by atoms with Gasteiger partial charge >= 0.3 is 0 Å². The lowest BCUT2D eigenvalue weighted by atomic mass is 10.1. The summed E-state index contributed by atoms with van der Waals surface area (Å²) in [4.78, 5) is 9.02. The summed E-state index contributed by atoms with van der Waals surface area (Å²) in [5.74, 6) is 1.23. The predicted molar refractivity (Wildman–Crippen MR) is 108 cm³/mol. The fourth-order valence-corrected chi connectivity index (χ4v) is 3.54. The Morgan fingerprint density at radius 3 is 2.38 bits per heavy atom. The van der Waals surface area contributed by atoms with Gasteiger partial charge in [-0.25, -0.2) is 4.39 Å². The molecule has 3 heterocycles. The van der Waals surface area contributed by atoms with E-state index < -0.39 is 0 Å². The molecular formula is C21H19FN6O. The minimum absolute atomic E-state index is 0.290. The van der Waals surface area contributed by atoms with Crippen molar-refractivity contribution in [2.24, 2.45) is 0 Å². The summed E-state index contributed by atoms with van der Waals surface area (Å²) in [7, 11) is 2.12. The third-order valence-electron chi connectivity index (χ3n) is 5.20. The summed E-state index contributed by atoms with van der Waals surface area (Å²) in [6.45, 7) is 3.79. The number of hydrogen-bond donors (Lipinski definition) is 0. The van der Waals surface area contributed by atoms with Crippen LogP contribution in [0.4, 0.5) is 10.2 Å². The van der Waals surface area contributed by atoms with E-state index in [9.17, 15) is 4.39 Å². The quantitative estimate of drug-likeness (QED) is 0.532. The molecule has 146 valence electrons. The van der Waals surface area contributed by atoms with Gasteiger partial charge in [0.25, 0.3) is 5.89 Å². The van der Waals surface area contributed by atoms with Gasteiger partial charge in [0.2, 0.25) is 5.82 Å². The fraction of sp³-hybridized carbons (Fsp3) is 0.238. The Balaban J connectivity index is 1.55. The Kier molecular flexibility index (Phi) is 4.40. The second kappa shape index (κ2) is 7.21. The van der Waals surface area contributed by atoms with Crippen molar-refractivity contribution in [1.29, 1.82) is 0 Å². The molecule has 29 heavy (non-hydrogen) atoms. The van der Waals surface area contributed by atoms with Gasteiger partial charge in [-0.1, -0.05) is 29.4 Å². The van der Waals surface area contributed by atoms with E-state index in [-0.39, 0.29) is 11.7 Å². The number of likely N-dealkylation sites (N-methyl/N-ethyl adjacent to an activating group) is 1. The molecule has 0 aliphatic carbocycles. The van der Waals surface area contributed by atoms with Gasteiger partial charge in [0.05, 0.1) is 0 Å². The Labute approximate surface area is 166 Å². The maximum atomic E-state index is 13.2. The average Bonchev–Trinajstić information content (AvgIpc) is 3.24. The number of halogens is 1. The largest absolute Gasteiger partial charge is 0.352 e. The van der Waals surface area contributed by atoms with Crippen molar-refractivity contribution in [2.75, 3.05) is 38.1 Å². The molecule has 2 aromatic carbocycles. The van der Waals surface area contributed by atoms with E-state index in [2.05, 4.69) is 37.2 Å². The molecule has 1 saturated heterocycles. The molecule has 1 aliphatic heterocycles. The monoisotopic (exact) mass is 390 g/mol. The summed E-state index contributed by atoms with van der Waals surface area (Å²) in [6, 6.07) is 13.9. The van der Waals surface area contributed by atoms with Crippen LogP contribution in [0.25, 0.3) is 33.7 Å². The van der Waals surface area contributed by atoms with Crippen molar-refractivity contribution < 1.29 is 8.91 Å². The Bertz CT molecular complexity index is 1150. The van der Waals surface area contributed by atoms with Crippen LogP contribution in [0.2, 0.25) is 0 Å². The molecule has 8 heteroatoms. The molecule has 4 aromatic rings. The van der Waals surface area contributed by atoms with E-state index >= 15 is 0 Å². The molecule has 0 saturated carbocycles. The number of fused-ring (bicyclic) bond motifs is 1. The van der Waals surface area contributed by atoms with Crippen molar-refractivity contribution in [3.63, 3.8) is 0 Å². The van der Waals surface area contributed by atoms with E-state index in [4.69, 9.17) is 4.52 Å². The molecule has 1 aliphatic rings. The summed E-state index contributed by atoms with van der Waals surface area (Å²) < 4.78 is 18.6. The van der Waals surface area contributed by atoms with Crippen LogP contribution in [0.5, 0.6) is 0 Å². The summed E-state index contributed by atoms with van der Waals surface area (Å²) >= 11 is 0. The van der Waals surface area contributed by atoms with Gasteiger partial charge in [0, 0.05) is 42.5 Å². The van der Waals surface area contributed by atoms with Crippen LogP contribution in [-0.4, -0.2) is 58.5 Å². The number of nitrogens with zero attached hydrogens (tertiary/aromatic N) is 6. The van der Waals surface area contributed by atoms with Crippen molar-refractivity contribution in [2.45, 2.75) is 0 Å². The van der Waals surface area contributed by atoms with E-state index in [1.165, 1.54) is 12.1 Å². The van der Waals surface area contributed by atoms with Crippen LogP contribution in [0.1, 0.15) is 0 Å². The highest BCUT2D eigenvalue weighted by Gasteiger charge is 2.22. The lowest BCUT2D eigenvalue weighted by Gasteiger charge is -2.33. The zero-order chi connectivity index (χ0) is 19.8. The van der Waals surface area contributed by atoms with Gasteiger partial charge in [-0.05, 0) is 31.3 Å². The van der Waals surface area contributed by atoms with Crippen LogP contribution in [0.15, 0.2) is 53.1 Å². The first kappa shape index (κ1) is 17.7. The van der Waals surface area contributed by atoms with Crippen molar-refractivity contribution in [3.8, 4) is 23.0 Å². The Morgan fingerprint density at radius 1 is 0.897 bits per heavy atom. The number of anilines is 1. The van der Waals surface area contributed by atoms with E-state index in [0.29, 0.717) is 17.1 Å². The highest BCUT2D eigenvalue weighted by Crippen LogP contribution is 2.31. The second-order valence-corrected chi connectivity index (χ2v) is 7.14. The molecule has 2 aromatic heterocycles. The first-order valence-corrected chi connectivity index (χ1v) is 9.48. The van der Waals surface area contributed by atoms with Gasteiger partial charge in [0.1, 0.15) is 5.82 Å². The SMILES string of the molecule is CN1CCN(c2nnc(-c3nc(-c4ccc(F)cc4)no3)c3ccccc23)CC1. The second-order valence-electron chi connectivity index (χ2n) is 7.14. The van der Waals surface area contributed by atoms with Crippen LogP contribution < -0.4 is 4.90 Å². The number of aromatic nitrogens is 4. The van der Waals surface area contributed by atoms with Gasteiger partial charge in [-0.2, -0.15) is 4.98 Å². The zero-order valence-corrected chi connectivity index (χ0v) is 15.9. The van der Waals surface area contributed by atoms with Crippen LogP contribution in [0, 0.1) is 5.82 Å². The molecule has 0 N–H and O–H groups in total. The summed E-state index contributed by atoms with van der Waals surface area (Å²) in [6.07, 6.45) is 0. The maximum Gasteiger partial charge on any atom is 0.279 e. The van der Waals surface area contributed by atoms with Crippen LogP contribution >= 0.6 is 0 Å². The molecule has 0 spiro atoms. The topological polar surface area (TPSA) is 71.2 Å². The number of piperazine rings is 1. The fourth-order valence-electron chi connectivity index (χ4n) is 3.54. The minimum Gasteiger partial charge on any atom is -0.352 e. The predicted octanol–water partition coefficient (Wildman–Crippen LogP) is 3.24. The number of rotatable bonds is 3. The van der Waals surface area contributed by atoms with Gasteiger partial charge in [-0.3, -0.25) is 0 Å². The van der Waals surface area contributed by atoms with Crippen LogP contribution in [0.3, 0.4) is 0 Å². The smallest absolute Gasteiger partial charge is 0.279 e. The standard InChI is InChI=1S/C21H19FN6O/c1-27-10-12-28(13-11-27)20-17-5-3-2-4-16(17)18(24-25-20)21-23-19(26-29-21)14-6-8-15(22)9-7-14/h2-9H,10-13H2,1H3. The number of benzene rings is 2. The van der Waals surface area contributed by atoms with Gasteiger partial charge in [-0.15, -0.1) is 10.2 Å². The lowest BCUT2D eigenvalue weighted by molar-refractivity contribution is 0.312. The molecule has 5 rings (SSSR count). The molecule has 0 atom stereocenters. The first-order chi connectivity index (χ1) is 14.2. The first-order valence-electron chi connectivity index (χ1n) is 9.48. The Morgan fingerprint density at radius 2 is 1.62 bits per heavy atom. The highest BCUT2D eigenvalue weighted by atomic mass is 19.1. The third kappa shape index (κ3) is 3.31. The molecule has 0 bridgehead atoms. The normalized spacial score (nSPS) is 15.2. The molecule has 0 amide bonds. The molecule has 7 nitrogen and oxygen atoms in total. The molecule has 0 unspecified atom stereocenters. The van der Waals surface area contributed by atoms with Crippen molar-refractivity contribution >= 4 is 16.6 Å². The van der Waals surface area contributed by atoms with Crippen molar-refractivity contribution in [3.05, 3.63) is 54.3 Å². The third-order valence-corrected chi connectivity index (χ3v) is 5.20. The van der Waals surface area contributed by atoms with E-state index in [1.807, 2.05) is 24.3 Å². The highest BCUT2D eigenvalue weighted by molar-refractivity contribution is 5.99. The molecule has 0 radical (unpaired) electrons. The molecule has 1 fully saturated rings. The van der Waals surface area contributed by atoms with Crippen molar-refractivity contribution in [1.82, 2.24) is 25.2 Å². The maximum absolute atomic E-state index is 13.2. The number of hydrogen-bond acceptors (Lipinski definition) is 7. The lowest BCUT2D eigenvalue weighted by Crippen LogP contribution is -2.45. The summed E-state index contributed by atoms with van der Waals surface area (Å²) in [5.41, 5.74) is 1.21. The van der Waals surface area contributed by atoms with Crippen LogP contribution in [-0.2, 0) is 0 Å². The average molecular weight is 390 g/mol. The van der Waals surface area contributed by atoms with E-state index in [0.717, 1.165) is 42.8 Å². The van der Waals surface area contributed by atoms with E-state index in [1.54, 1.807) is 12.1 Å². The molecular weight excluding hydrogens is 371 g/mol. The van der Waals surface area contributed by atoms with Gasteiger partial charge in [0.15, 0.2) is 11.5 Å². The Hall–Kier alpha value is -3.39. The minimum atomic E-state index is -0.311. The van der Waals surface area contributed by atoms with Gasteiger partial charge < -0.3 is 14.3 Å².